The summed E-state index contributed by atoms with van der Waals surface area (Å²) in [6.45, 7) is 0. The topological polar surface area (TPSA) is 161 Å². The van der Waals surface area contributed by atoms with Gasteiger partial charge in [-0.15, -0.1) is 0 Å². The number of carboxylic acids is 2. The highest BCUT2D eigenvalue weighted by Crippen LogP contribution is 1.92. The molecule has 6 N–H and O–H groups in total. The number of aliphatic carboxylic acids is 2. The second kappa shape index (κ2) is 8.63. The average Bonchev–Trinajstić information content (AvgIpc) is 2.14. The van der Waals surface area contributed by atoms with Gasteiger partial charge in [0.1, 0.15) is 6.04 Å². The molecule has 0 aromatic carbocycles. The number of aldehydes is 1. The zero-order chi connectivity index (χ0) is 12.4. The lowest BCUT2D eigenvalue weighted by atomic mass is 10.2. The molecule has 1 amide bonds. The van der Waals surface area contributed by atoms with Crippen molar-refractivity contribution >= 4 is 24.1 Å². The number of hydrogen-bond acceptors (Lipinski definition) is 5. The third kappa shape index (κ3) is 14.9. The van der Waals surface area contributed by atoms with Crippen molar-refractivity contribution < 1.29 is 29.4 Å². The zero-order valence-electron chi connectivity index (χ0n) is 7.75. The minimum absolute atomic E-state index is 0.0213. The van der Waals surface area contributed by atoms with Crippen LogP contribution < -0.4 is 11.5 Å². The van der Waals surface area contributed by atoms with Gasteiger partial charge in [0.15, 0.2) is 0 Å². The number of carboxylic acid groups (broad SMARTS) is 2. The van der Waals surface area contributed by atoms with E-state index in [9.17, 15) is 9.59 Å². The second-order valence-corrected chi connectivity index (χ2v) is 2.41. The molecule has 1 unspecified atom stereocenters. The van der Waals surface area contributed by atoms with E-state index >= 15 is 0 Å². The highest BCUT2D eigenvalue weighted by molar-refractivity contribution is 6.19. The van der Waals surface area contributed by atoms with E-state index in [1.165, 1.54) is 0 Å². The van der Waals surface area contributed by atoms with Gasteiger partial charge >= 0.3 is 11.9 Å². The van der Waals surface area contributed by atoms with Crippen molar-refractivity contribution in [1.82, 2.24) is 0 Å². The van der Waals surface area contributed by atoms with Crippen LogP contribution in [-0.4, -0.2) is 40.4 Å². The fraction of sp³-hybridized carbons (Fsp3) is 0.429. The van der Waals surface area contributed by atoms with Crippen LogP contribution >= 0.6 is 0 Å². The van der Waals surface area contributed by atoms with Crippen molar-refractivity contribution in [3.63, 3.8) is 0 Å². The lowest BCUT2D eigenvalue weighted by molar-refractivity contribution is -0.143. The largest absolute Gasteiger partial charge is 0.480 e. The van der Waals surface area contributed by atoms with Gasteiger partial charge in [0.25, 0.3) is 0 Å². The maximum atomic E-state index is 10.1. The first-order chi connectivity index (χ1) is 6.81. The van der Waals surface area contributed by atoms with Crippen LogP contribution in [0.3, 0.4) is 0 Å². The molecule has 1 atom stereocenters. The van der Waals surface area contributed by atoms with E-state index in [-0.39, 0.29) is 19.1 Å². The molecule has 0 spiro atoms. The maximum Gasteiger partial charge on any atom is 0.368 e. The number of nitrogens with two attached hydrogens (primary N) is 2. The molecule has 0 saturated carbocycles. The molecule has 15 heavy (non-hydrogen) atoms. The average molecular weight is 220 g/mol. The fourth-order valence-corrected chi connectivity index (χ4v) is 0.421. The molecule has 0 aliphatic rings. The molecule has 0 fully saturated rings. The van der Waals surface area contributed by atoms with Crippen molar-refractivity contribution in [2.75, 3.05) is 0 Å². The van der Waals surface area contributed by atoms with Crippen molar-refractivity contribution in [1.29, 1.82) is 0 Å². The molecule has 0 radical (unpaired) electrons. The Kier molecular flexibility index (Phi) is 8.92. The lowest BCUT2D eigenvalue weighted by Crippen LogP contribution is -2.31. The standard InChI is InChI=1S/C5H10N2O3.C2H2O3/c6-3(5(9)10)1-2-4(7)8;3-1-2(4)5/h3H,1-2,6H2,(H2,7,8)(H,9,10);1H,(H,4,5). The molecule has 0 aromatic rings. The van der Waals surface area contributed by atoms with E-state index in [4.69, 9.17) is 31.3 Å². The van der Waals surface area contributed by atoms with E-state index in [0.717, 1.165) is 0 Å². The minimum atomic E-state index is -1.43. The quantitative estimate of drug-likeness (QED) is 0.305. The van der Waals surface area contributed by atoms with Crippen molar-refractivity contribution in [2.45, 2.75) is 18.9 Å². The van der Waals surface area contributed by atoms with Gasteiger partial charge in [-0.25, -0.2) is 4.79 Å². The van der Waals surface area contributed by atoms with E-state index in [2.05, 4.69) is 0 Å². The number of primary amides is 1. The van der Waals surface area contributed by atoms with Gasteiger partial charge in [-0.3, -0.25) is 14.4 Å². The number of hydrogen-bond donors (Lipinski definition) is 4. The molecule has 0 saturated heterocycles. The Morgan fingerprint density at radius 1 is 1.27 bits per heavy atom. The predicted molar refractivity (Wildman–Crippen MR) is 47.7 cm³/mol. The third-order valence-electron chi connectivity index (χ3n) is 1.12. The van der Waals surface area contributed by atoms with E-state index in [1.54, 1.807) is 0 Å². The summed E-state index contributed by atoms with van der Waals surface area (Å²) < 4.78 is 0. The Hall–Kier alpha value is -1.96. The summed E-state index contributed by atoms with van der Waals surface area (Å²) in [7, 11) is 0. The first kappa shape index (κ1) is 15.5. The zero-order valence-corrected chi connectivity index (χ0v) is 7.75. The van der Waals surface area contributed by atoms with Gasteiger partial charge in [-0.05, 0) is 6.42 Å². The molecule has 0 aromatic heterocycles. The summed E-state index contributed by atoms with van der Waals surface area (Å²) >= 11 is 0. The van der Waals surface area contributed by atoms with Crippen LogP contribution in [0.15, 0.2) is 0 Å². The van der Waals surface area contributed by atoms with Gasteiger partial charge in [0.05, 0.1) is 0 Å². The second-order valence-electron chi connectivity index (χ2n) is 2.41. The molecule has 0 bridgehead atoms. The van der Waals surface area contributed by atoms with Crippen molar-refractivity contribution in [3.8, 4) is 0 Å². The minimum Gasteiger partial charge on any atom is -0.480 e. The van der Waals surface area contributed by atoms with E-state index < -0.39 is 23.9 Å². The summed E-state index contributed by atoms with van der Waals surface area (Å²) in [5, 5.41) is 15.6. The van der Waals surface area contributed by atoms with Gasteiger partial charge in [-0.1, -0.05) is 0 Å². The molecule has 0 rings (SSSR count). The summed E-state index contributed by atoms with van der Waals surface area (Å²) in [6, 6.07) is -0.979. The van der Waals surface area contributed by atoms with Crippen LogP contribution in [0.5, 0.6) is 0 Å². The molecule has 0 aliphatic carbocycles. The highest BCUT2D eigenvalue weighted by atomic mass is 16.4. The fourth-order valence-electron chi connectivity index (χ4n) is 0.421. The molecule has 8 heteroatoms. The number of rotatable bonds is 5. The Morgan fingerprint density at radius 2 is 1.67 bits per heavy atom. The highest BCUT2D eigenvalue weighted by Gasteiger charge is 2.11. The molecule has 86 valence electrons. The predicted octanol–water partition coefficient (Wildman–Crippen LogP) is -2.07. The molecule has 0 aliphatic heterocycles. The molecule has 0 heterocycles. The van der Waals surface area contributed by atoms with Crippen molar-refractivity contribution in [3.05, 3.63) is 0 Å². The summed E-state index contributed by atoms with van der Waals surface area (Å²) in [5.41, 5.74) is 9.81. The van der Waals surface area contributed by atoms with Crippen LogP contribution in [-0.2, 0) is 19.2 Å². The van der Waals surface area contributed by atoms with Crippen LogP contribution in [0.2, 0.25) is 0 Å². The molecule has 8 nitrogen and oxygen atoms in total. The monoisotopic (exact) mass is 220 g/mol. The normalized spacial score (nSPS) is 10.5. The number of amides is 1. The Morgan fingerprint density at radius 3 is 1.87 bits per heavy atom. The SMILES string of the molecule is NC(=O)CCC(N)C(=O)O.O=CC(=O)O. The Bertz CT molecular complexity index is 252. The van der Waals surface area contributed by atoms with Gasteiger partial charge in [-0.2, -0.15) is 0 Å². The number of carbonyl (C=O) groups excluding carboxylic acids is 2. The summed E-state index contributed by atoms with van der Waals surface area (Å²) in [5.74, 6) is -3.07. The van der Waals surface area contributed by atoms with Gasteiger partial charge in [0.2, 0.25) is 12.2 Å². The van der Waals surface area contributed by atoms with E-state index in [1.807, 2.05) is 0 Å². The number of carbonyl (C=O) groups is 4. The third-order valence-corrected chi connectivity index (χ3v) is 1.12. The van der Waals surface area contributed by atoms with Crippen LogP contribution in [0.4, 0.5) is 0 Å². The van der Waals surface area contributed by atoms with Crippen LogP contribution in [0.25, 0.3) is 0 Å². The smallest absolute Gasteiger partial charge is 0.368 e. The van der Waals surface area contributed by atoms with Crippen molar-refractivity contribution in [2.24, 2.45) is 11.5 Å². The van der Waals surface area contributed by atoms with Crippen LogP contribution in [0, 0.1) is 0 Å². The van der Waals surface area contributed by atoms with Gasteiger partial charge < -0.3 is 21.7 Å². The molecular weight excluding hydrogens is 208 g/mol. The first-order valence-corrected chi connectivity index (χ1v) is 3.76. The van der Waals surface area contributed by atoms with E-state index in [0.29, 0.717) is 0 Å². The lowest BCUT2D eigenvalue weighted by Gasteiger charge is -2.01. The summed E-state index contributed by atoms with van der Waals surface area (Å²) in [6.07, 6.45) is -0.0435. The summed E-state index contributed by atoms with van der Waals surface area (Å²) in [4.78, 5) is 38.0. The molecular formula is C7H12N2O6. The Balaban J connectivity index is 0. The maximum absolute atomic E-state index is 10.1. The first-order valence-electron chi connectivity index (χ1n) is 3.76. The van der Waals surface area contributed by atoms with Crippen LogP contribution in [0.1, 0.15) is 12.8 Å². The Labute approximate surface area is 84.8 Å². The van der Waals surface area contributed by atoms with Gasteiger partial charge in [0, 0.05) is 6.42 Å².